The van der Waals surface area contributed by atoms with Crippen LogP contribution in [0.15, 0.2) is 30.3 Å². The van der Waals surface area contributed by atoms with Gasteiger partial charge in [0.05, 0.1) is 17.0 Å². The van der Waals surface area contributed by atoms with Crippen LogP contribution in [0.2, 0.25) is 0 Å². The lowest BCUT2D eigenvalue weighted by molar-refractivity contribution is 0.314. The average Bonchev–Trinajstić information content (AvgIpc) is 3.19. The van der Waals surface area contributed by atoms with Crippen LogP contribution in [0.4, 0.5) is 5.82 Å². The zero-order valence-corrected chi connectivity index (χ0v) is 19.8. The number of anilines is 1. The van der Waals surface area contributed by atoms with Gasteiger partial charge in [0.15, 0.2) is 5.82 Å². The minimum atomic E-state index is 0.457. The number of ether oxygens (including phenoxy) is 1. The number of aromatic nitrogens is 3. The summed E-state index contributed by atoms with van der Waals surface area (Å²) in [7, 11) is 0. The summed E-state index contributed by atoms with van der Waals surface area (Å²) < 4.78 is 6.90. The van der Waals surface area contributed by atoms with Crippen LogP contribution in [0, 0.1) is 6.92 Å². The van der Waals surface area contributed by atoms with E-state index in [1.54, 1.807) is 11.3 Å². The number of aryl methyl sites for hydroxylation is 2. The van der Waals surface area contributed by atoms with Crippen molar-refractivity contribution < 1.29 is 4.74 Å². The molecular formula is C25H29N5OS. The number of hydrogen-bond donors (Lipinski definition) is 1. The van der Waals surface area contributed by atoms with Gasteiger partial charge in [0.1, 0.15) is 10.3 Å². The molecule has 0 saturated carbocycles. The Bertz CT molecular complexity index is 1250. The fourth-order valence-electron chi connectivity index (χ4n) is 4.30. The van der Waals surface area contributed by atoms with Crippen LogP contribution in [0.5, 0.6) is 6.01 Å². The van der Waals surface area contributed by atoms with Crippen LogP contribution in [0.25, 0.3) is 31.7 Å². The van der Waals surface area contributed by atoms with Gasteiger partial charge < -0.3 is 15.0 Å². The molecule has 166 valence electrons. The van der Waals surface area contributed by atoms with Crippen LogP contribution in [-0.2, 0) is 6.42 Å². The molecule has 5 rings (SSSR count). The fraction of sp³-hybridized carbons (Fsp3) is 0.400. The molecule has 0 unspecified atom stereocenters. The summed E-state index contributed by atoms with van der Waals surface area (Å²) in [5, 5.41) is 4.58. The van der Waals surface area contributed by atoms with Crippen LogP contribution in [0.3, 0.4) is 0 Å². The molecule has 4 heterocycles. The van der Waals surface area contributed by atoms with Crippen molar-refractivity contribution in [3.05, 3.63) is 41.5 Å². The van der Waals surface area contributed by atoms with Gasteiger partial charge in [-0.05, 0) is 31.9 Å². The zero-order valence-electron chi connectivity index (χ0n) is 18.9. The number of hydrogen-bond acceptors (Lipinski definition) is 7. The fourth-order valence-corrected chi connectivity index (χ4v) is 5.48. The molecule has 1 N–H and O–H groups in total. The van der Waals surface area contributed by atoms with Gasteiger partial charge in [-0.1, -0.05) is 43.2 Å². The topological polar surface area (TPSA) is 63.2 Å². The average molecular weight is 448 g/mol. The highest BCUT2D eigenvalue weighted by atomic mass is 32.1. The maximum absolute atomic E-state index is 5.79. The lowest BCUT2D eigenvalue weighted by Crippen LogP contribution is -2.44. The van der Waals surface area contributed by atoms with Crippen molar-refractivity contribution in [3.63, 3.8) is 0 Å². The summed E-state index contributed by atoms with van der Waals surface area (Å²) in [6, 6.07) is 11.3. The first-order valence-electron chi connectivity index (χ1n) is 11.5. The molecule has 0 aliphatic carbocycles. The van der Waals surface area contributed by atoms with E-state index < -0.39 is 0 Å². The molecule has 4 aromatic rings. The number of piperazine rings is 1. The predicted molar refractivity (Wildman–Crippen MR) is 133 cm³/mol. The molecule has 32 heavy (non-hydrogen) atoms. The number of fused-ring (bicyclic) bond motifs is 3. The Morgan fingerprint density at radius 3 is 2.56 bits per heavy atom. The summed E-state index contributed by atoms with van der Waals surface area (Å²) in [5.41, 5.74) is 5.70. The van der Waals surface area contributed by atoms with E-state index in [1.165, 1.54) is 11.1 Å². The molecule has 3 aromatic heterocycles. The summed E-state index contributed by atoms with van der Waals surface area (Å²) in [4.78, 5) is 18.2. The van der Waals surface area contributed by atoms with E-state index in [9.17, 15) is 0 Å². The summed E-state index contributed by atoms with van der Waals surface area (Å²) in [5.74, 6) is 0.974. The molecule has 0 amide bonds. The third kappa shape index (κ3) is 3.91. The number of thiophene rings is 1. The molecule has 1 aliphatic heterocycles. The van der Waals surface area contributed by atoms with E-state index in [1.807, 2.05) is 6.92 Å². The molecule has 6 nitrogen and oxygen atoms in total. The van der Waals surface area contributed by atoms with Crippen LogP contribution >= 0.6 is 11.3 Å². The van der Waals surface area contributed by atoms with Gasteiger partial charge in [-0.2, -0.15) is 9.97 Å². The van der Waals surface area contributed by atoms with Crippen molar-refractivity contribution >= 4 is 37.6 Å². The quantitative estimate of drug-likeness (QED) is 0.450. The normalized spacial score (nSPS) is 14.4. The summed E-state index contributed by atoms with van der Waals surface area (Å²) in [6.07, 6.45) is 2.05. The first-order chi connectivity index (χ1) is 15.7. The van der Waals surface area contributed by atoms with Crippen molar-refractivity contribution in [2.45, 2.75) is 33.6 Å². The molecule has 0 spiro atoms. The second-order valence-corrected chi connectivity index (χ2v) is 9.24. The number of pyridine rings is 1. The van der Waals surface area contributed by atoms with Gasteiger partial charge in [0.25, 0.3) is 0 Å². The Balaban J connectivity index is 1.75. The van der Waals surface area contributed by atoms with Crippen molar-refractivity contribution in [1.82, 2.24) is 20.3 Å². The second-order valence-electron chi connectivity index (χ2n) is 8.24. The SMILES string of the molecule is CCCc1cc(-c2ccc(C)cc2)nc2sc3c(N4CCNCC4)nc(OCC)nc3c12. The third-order valence-corrected chi connectivity index (χ3v) is 6.96. The van der Waals surface area contributed by atoms with Gasteiger partial charge in [0, 0.05) is 37.1 Å². The highest BCUT2D eigenvalue weighted by molar-refractivity contribution is 7.26. The van der Waals surface area contributed by atoms with E-state index >= 15 is 0 Å². The smallest absolute Gasteiger partial charge is 0.319 e. The van der Waals surface area contributed by atoms with Gasteiger partial charge in [0.2, 0.25) is 0 Å². The predicted octanol–water partition coefficient (Wildman–Crippen LogP) is 4.98. The van der Waals surface area contributed by atoms with E-state index in [2.05, 4.69) is 54.4 Å². The second kappa shape index (κ2) is 9.00. The molecule has 0 radical (unpaired) electrons. The zero-order chi connectivity index (χ0) is 22.1. The molecule has 0 bridgehead atoms. The van der Waals surface area contributed by atoms with Gasteiger partial charge in [-0.25, -0.2) is 4.98 Å². The summed E-state index contributed by atoms with van der Waals surface area (Å²) >= 11 is 1.71. The van der Waals surface area contributed by atoms with Crippen molar-refractivity contribution in [1.29, 1.82) is 0 Å². The maximum Gasteiger partial charge on any atom is 0.319 e. The molecule has 7 heteroatoms. The Morgan fingerprint density at radius 2 is 1.84 bits per heavy atom. The van der Waals surface area contributed by atoms with Crippen LogP contribution in [0.1, 0.15) is 31.4 Å². The van der Waals surface area contributed by atoms with Gasteiger partial charge in [-0.3, -0.25) is 0 Å². The Hall–Kier alpha value is -2.77. The maximum atomic E-state index is 5.79. The Morgan fingerprint density at radius 1 is 1.06 bits per heavy atom. The van der Waals surface area contributed by atoms with E-state index in [0.29, 0.717) is 12.6 Å². The number of nitrogens with one attached hydrogen (secondary N) is 1. The first kappa shape index (κ1) is 21.1. The van der Waals surface area contributed by atoms with Crippen LogP contribution < -0.4 is 15.0 Å². The number of benzene rings is 1. The minimum Gasteiger partial charge on any atom is -0.464 e. The molecular weight excluding hydrogens is 418 g/mol. The lowest BCUT2D eigenvalue weighted by Gasteiger charge is -2.28. The Kier molecular flexibility index (Phi) is 5.93. The highest BCUT2D eigenvalue weighted by Crippen LogP contribution is 2.41. The highest BCUT2D eigenvalue weighted by Gasteiger charge is 2.23. The van der Waals surface area contributed by atoms with Gasteiger partial charge in [-0.15, -0.1) is 11.3 Å². The van der Waals surface area contributed by atoms with Crippen LogP contribution in [-0.4, -0.2) is 47.7 Å². The van der Waals surface area contributed by atoms with Crippen molar-refractivity contribution in [3.8, 4) is 17.3 Å². The number of nitrogens with zero attached hydrogens (tertiary/aromatic N) is 4. The molecule has 0 atom stereocenters. The van der Waals surface area contributed by atoms with Crippen molar-refractivity contribution in [2.75, 3.05) is 37.7 Å². The first-order valence-corrected chi connectivity index (χ1v) is 12.3. The molecule has 1 aromatic carbocycles. The van der Waals surface area contributed by atoms with Crippen molar-refractivity contribution in [2.24, 2.45) is 0 Å². The Labute approximate surface area is 192 Å². The molecule has 1 aliphatic rings. The largest absolute Gasteiger partial charge is 0.464 e. The van der Waals surface area contributed by atoms with E-state index in [4.69, 9.17) is 19.7 Å². The summed E-state index contributed by atoms with van der Waals surface area (Å²) in [6.45, 7) is 10.6. The lowest BCUT2D eigenvalue weighted by atomic mass is 10.0. The standard InChI is InChI=1S/C25H29N5OS/c1-4-6-18-15-19(17-9-7-16(3)8-10-17)27-24-20(18)21-22(32-24)23(29-25(28-21)31-5-2)30-13-11-26-12-14-30/h7-10,15,26H,4-6,11-14H2,1-3H3. The van der Waals surface area contributed by atoms with E-state index in [0.717, 1.165) is 76.5 Å². The molecule has 1 fully saturated rings. The number of rotatable bonds is 6. The third-order valence-electron chi connectivity index (χ3n) is 5.89. The minimum absolute atomic E-state index is 0.457. The molecule has 1 saturated heterocycles. The van der Waals surface area contributed by atoms with E-state index in [-0.39, 0.29) is 0 Å². The monoisotopic (exact) mass is 447 g/mol. The van der Waals surface area contributed by atoms with Gasteiger partial charge >= 0.3 is 6.01 Å².